The highest BCUT2D eigenvalue weighted by Gasteiger charge is 2.12. The van der Waals surface area contributed by atoms with Crippen LogP contribution in [-0.2, 0) is 0 Å². The second kappa shape index (κ2) is 6.59. The van der Waals surface area contributed by atoms with Gasteiger partial charge in [0, 0.05) is 11.9 Å². The number of nitrogens with zero attached hydrogens (tertiary/aromatic N) is 1. The van der Waals surface area contributed by atoms with Gasteiger partial charge in [-0.05, 0) is 56.7 Å². The number of anilines is 1. The highest BCUT2D eigenvalue weighted by molar-refractivity contribution is 6.33. The molecule has 110 valence electrons. The topological polar surface area (TPSA) is 51.2 Å². The summed E-state index contributed by atoms with van der Waals surface area (Å²) in [5, 5.41) is 3.02. The Hall–Kier alpha value is -2.07. The zero-order valence-corrected chi connectivity index (χ0v) is 12.9. The first-order valence-corrected chi connectivity index (χ1v) is 7.04. The Bertz CT molecular complexity index is 656. The fourth-order valence-electron chi connectivity index (χ4n) is 1.87. The van der Waals surface area contributed by atoms with Crippen LogP contribution >= 0.6 is 11.6 Å². The number of hydrogen-bond acceptors (Lipinski definition) is 3. The van der Waals surface area contributed by atoms with E-state index in [9.17, 15) is 4.79 Å². The summed E-state index contributed by atoms with van der Waals surface area (Å²) < 4.78 is 5.61. The minimum absolute atomic E-state index is 0.110. The van der Waals surface area contributed by atoms with Crippen molar-refractivity contribution in [2.75, 3.05) is 5.32 Å². The van der Waals surface area contributed by atoms with Gasteiger partial charge in [0.25, 0.3) is 5.91 Å². The van der Waals surface area contributed by atoms with Crippen molar-refractivity contribution in [2.24, 2.45) is 0 Å². The third kappa shape index (κ3) is 3.95. The molecule has 1 aromatic carbocycles. The smallest absolute Gasteiger partial charge is 0.258 e. The SMILES string of the molecule is Cc1cc(OC(C)C)ccc1NC(=O)c1cccnc1Cl. The molecule has 4 nitrogen and oxygen atoms in total. The highest BCUT2D eigenvalue weighted by atomic mass is 35.5. The van der Waals surface area contributed by atoms with Crippen molar-refractivity contribution in [1.82, 2.24) is 4.98 Å². The molecule has 5 heteroatoms. The molecule has 1 amide bonds. The van der Waals surface area contributed by atoms with Crippen LogP contribution in [0.15, 0.2) is 36.5 Å². The summed E-state index contributed by atoms with van der Waals surface area (Å²) in [6.45, 7) is 5.85. The maximum absolute atomic E-state index is 12.2. The Morgan fingerprint density at radius 2 is 2.10 bits per heavy atom. The molecule has 1 heterocycles. The molecular formula is C16H17ClN2O2. The zero-order chi connectivity index (χ0) is 15.4. The summed E-state index contributed by atoms with van der Waals surface area (Å²) >= 11 is 5.92. The number of carbonyl (C=O) groups excluding carboxylic acids is 1. The van der Waals surface area contributed by atoms with Gasteiger partial charge < -0.3 is 10.1 Å². The molecule has 0 atom stereocenters. The lowest BCUT2D eigenvalue weighted by atomic mass is 10.1. The fraction of sp³-hybridized carbons (Fsp3) is 0.250. The summed E-state index contributed by atoms with van der Waals surface area (Å²) in [4.78, 5) is 16.1. The van der Waals surface area contributed by atoms with E-state index in [2.05, 4.69) is 10.3 Å². The van der Waals surface area contributed by atoms with E-state index >= 15 is 0 Å². The number of rotatable bonds is 4. The number of benzene rings is 1. The van der Waals surface area contributed by atoms with E-state index in [1.54, 1.807) is 18.3 Å². The van der Waals surface area contributed by atoms with Crippen molar-refractivity contribution in [3.05, 3.63) is 52.8 Å². The van der Waals surface area contributed by atoms with Crippen LogP contribution < -0.4 is 10.1 Å². The normalized spacial score (nSPS) is 10.5. The zero-order valence-electron chi connectivity index (χ0n) is 12.2. The maximum atomic E-state index is 12.2. The summed E-state index contributed by atoms with van der Waals surface area (Å²) in [7, 11) is 0. The lowest BCUT2D eigenvalue weighted by Crippen LogP contribution is -2.14. The summed E-state index contributed by atoms with van der Waals surface area (Å²) in [5.41, 5.74) is 1.98. The molecule has 0 bridgehead atoms. The summed E-state index contributed by atoms with van der Waals surface area (Å²) in [5.74, 6) is 0.494. The number of pyridine rings is 1. The molecule has 0 aliphatic carbocycles. The molecule has 1 N–H and O–H groups in total. The largest absolute Gasteiger partial charge is 0.491 e. The average Bonchev–Trinajstić information content (AvgIpc) is 2.41. The average molecular weight is 305 g/mol. The number of aromatic nitrogens is 1. The van der Waals surface area contributed by atoms with Crippen molar-refractivity contribution < 1.29 is 9.53 Å². The minimum Gasteiger partial charge on any atom is -0.491 e. The molecule has 0 saturated heterocycles. The lowest BCUT2D eigenvalue weighted by molar-refractivity contribution is 0.102. The number of hydrogen-bond donors (Lipinski definition) is 1. The van der Waals surface area contributed by atoms with Crippen LogP contribution in [0, 0.1) is 6.92 Å². The summed E-state index contributed by atoms with van der Waals surface area (Å²) in [6.07, 6.45) is 1.65. The number of nitrogens with one attached hydrogen (secondary N) is 1. The van der Waals surface area contributed by atoms with Crippen molar-refractivity contribution in [2.45, 2.75) is 26.9 Å². The van der Waals surface area contributed by atoms with Gasteiger partial charge in [-0.2, -0.15) is 0 Å². The maximum Gasteiger partial charge on any atom is 0.258 e. The predicted molar refractivity (Wildman–Crippen MR) is 84.1 cm³/mol. The molecule has 1 aromatic heterocycles. The van der Waals surface area contributed by atoms with Gasteiger partial charge in [-0.15, -0.1) is 0 Å². The van der Waals surface area contributed by atoms with E-state index < -0.39 is 0 Å². The van der Waals surface area contributed by atoms with Crippen molar-refractivity contribution in [3.8, 4) is 5.75 Å². The summed E-state index contributed by atoms with van der Waals surface area (Å²) in [6, 6.07) is 8.84. The van der Waals surface area contributed by atoms with Gasteiger partial charge >= 0.3 is 0 Å². The number of carbonyl (C=O) groups is 1. The molecule has 2 rings (SSSR count). The Morgan fingerprint density at radius 3 is 2.71 bits per heavy atom. The first-order chi connectivity index (χ1) is 9.97. The lowest BCUT2D eigenvalue weighted by Gasteiger charge is -2.13. The van der Waals surface area contributed by atoms with Gasteiger partial charge in [0.1, 0.15) is 10.9 Å². The van der Waals surface area contributed by atoms with E-state index in [0.717, 1.165) is 17.0 Å². The van der Waals surface area contributed by atoms with E-state index in [1.807, 2.05) is 39.0 Å². The Morgan fingerprint density at radius 1 is 1.33 bits per heavy atom. The van der Waals surface area contributed by atoms with E-state index in [1.165, 1.54) is 0 Å². The van der Waals surface area contributed by atoms with Crippen molar-refractivity contribution in [3.63, 3.8) is 0 Å². The van der Waals surface area contributed by atoms with Gasteiger partial charge in [0.15, 0.2) is 0 Å². The fourth-order valence-corrected chi connectivity index (χ4v) is 2.07. The minimum atomic E-state index is -0.284. The predicted octanol–water partition coefficient (Wildman–Crippen LogP) is 4.08. The van der Waals surface area contributed by atoms with Gasteiger partial charge in [-0.25, -0.2) is 4.98 Å². The number of aryl methyl sites for hydroxylation is 1. The van der Waals surface area contributed by atoms with E-state index in [4.69, 9.17) is 16.3 Å². The van der Waals surface area contributed by atoms with Gasteiger partial charge in [-0.1, -0.05) is 11.6 Å². The van der Waals surface area contributed by atoms with Gasteiger partial charge in [0.05, 0.1) is 11.7 Å². The van der Waals surface area contributed by atoms with E-state index in [-0.39, 0.29) is 17.2 Å². The standard InChI is InChI=1S/C16H17ClN2O2/c1-10(2)21-12-6-7-14(11(3)9-12)19-16(20)13-5-4-8-18-15(13)17/h4-10H,1-3H3,(H,19,20). The number of halogens is 1. The van der Waals surface area contributed by atoms with Crippen molar-refractivity contribution >= 4 is 23.2 Å². The molecule has 0 fully saturated rings. The Kier molecular flexibility index (Phi) is 4.81. The van der Waals surface area contributed by atoms with Crippen LogP contribution in [0.3, 0.4) is 0 Å². The Balaban J connectivity index is 2.17. The van der Waals surface area contributed by atoms with Crippen LogP contribution in [0.1, 0.15) is 29.8 Å². The van der Waals surface area contributed by atoms with E-state index in [0.29, 0.717) is 5.56 Å². The third-order valence-electron chi connectivity index (χ3n) is 2.82. The van der Waals surface area contributed by atoms with Gasteiger partial charge in [0.2, 0.25) is 0 Å². The molecule has 0 aliphatic rings. The molecule has 0 saturated carbocycles. The first kappa shape index (κ1) is 15.3. The van der Waals surface area contributed by atoms with Crippen LogP contribution in [0.25, 0.3) is 0 Å². The second-order valence-electron chi connectivity index (χ2n) is 4.94. The molecule has 21 heavy (non-hydrogen) atoms. The monoisotopic (exact) mass is 304 g/mol. The number of amides is 1. The van der Waals surface area contributed by atoms with Crippen LogP contribution in [0.4, 0.5) is 5.69 Å². The molecule has 0 radical (unpaired) electrons. The van der Waals surface area contributed by atoms with Crippen LogP contribution in [0.2, 0.25) is 5.15 Å². The molecule has 0 unspecified atom stereocenters. The Labute approximate surface area is 129 Å². The number of ether oxygens (including phenoxy) is 1. The molecule has 2 aromatic rings. The van der Waals surface area contributed by atoms with Gasteiger partial charge in [-0.3, -0.25) is 4.79 Å². The van der Waals surface area contributed by atoms with Crippen molar-refractivity contribution in [1.29, 1.82) is 0 Å². The van der Waals surface area contributed by atoms with Crippen LogP contribution in [0.5, 0.6) is 5.75 Å². The third-order valence-corrected chi connectivity index (χ3v) is 3.12. The molecule has 0 spiro atoms. The molecule has 0 aliphatic heterocycles. The quantitative estimate of drug-likeness (QED) is 0.866. The first-order valence-electron chi connectivity index (χ1n) is 6.66. The highest BCUT2D eigenvalue weighted by Crippen LogP contribution is 2.23. The van der Waals surface area contributed by atoms with Crippen LogP contribution in [-0.4, -0.2) is 17.0 Å². The second-order valence-corrected chi connectivity index (χ2v) is 5.30. The molecular weight excluding hydrogens is 288 g/mol.